The van der Waals surface area contributed by atoms with Crippen LogP contribution < -0.4 is 0 Å². The normalized spacial score (nSPS) is 11.0. The fourth-order valence-electron chi connectivity index (χ4n) is 1.05. The Hall–Kier alpha value is -0.760. The molecular formula is C8H8OS. The molecule has 2 rings (SSSR count). The SMILES string of the molecule is Cc1csc2c(C)coc12. The van der Waals surface area contributed by atoms with E-state index >= 15 is 0 Å². The molecule has 0 atom stereocenters. The standard InChI is InChI=1S/C8H8OS/c1-5-3-9-7-6(2)4-10-8(5)7/h3-4H,1-2H3. The van der Waals surface area contributed by atoms with Crippen molar-refractivity contribution in [3.8, 4) is 0 Å². The van der Waals surface area contributed by atoms with Gasteiger partial charge in [0.1, 0.15) is 5.58 Å². The highest BCUT2D eigenvalue weighted by Crippen LogP contribution is 2.29. The molecule has 52 valence electrons. The third-order valence-corrected chi connectivity index (χ3v) is 2.84. The molecule has 1 nitrogen and oxygen atoms in total. The number of rotatable bonds is 0. The summed E-state index contributed by atoms with van der Waals surface area (Å²) in [4.78, 5) is 0. The van der Waals surface area contributed by atoms with Crippen LogP contribution in [0.4, 0.5) is 0 Å². The molecule has 0 radical (unpaired) electrons. The predicted molar refractivity (Wildman–Crippen MR) is 43.6 cm³/mol. The monoisotopic (exact) mass is 152 g/mol. The average Bonchev–Trinajstić information content (AvgIpc) is 2.41. The molecule has 0 spiro atoms. The summed E-state index contributed by atoms with van der Waals surface area (Å²) < 4.78 is 6.62. The van der Waals surface area contributed by atoms with Crippen LogP contribution in [-0.4, -0.2) is 0 Å². The van der Waals surface area contributed by atoms with E-state index in [0.29, 0.717) is 0 Å². The molecule has 0 N–H and O–H groups in total. The van der Waals surface area contributed by atoms with Crippen molar-refractivity contribution in [2.45, 2.75) is 13.8 Å². The zero-order valence-corrected chi connectivity index (χ0v) is 6.79. The Morgan fingerprint density at radius 1 is 1.30 bits per heavy atom. The lowest BCUT2D eigenvalue weighted by Gasteiger charge is -1.76. The highest BCUT2D eigenvalue weighted by atomic mass is 32.1. The summed E-state index contributed by atoms with van der Waals surface area (Å²) in [6.07, 6.45) is 1.81. The second-order valence-electron chi connectivity index (χ2n) is 2.50. The van der Waals surface area contributed by atoms with Gasteiger partial charge >= 0.3 is 0 Å². The lowest BCUT2D eigenvalue weighted by molar-refractivity contribution is 0.611. The molecule has 2 heterocycles. The van der Waals surface area contributed by atoms with Crippen molar-refractivity contribution in [1.29, 1.82) is 0 Å². The molecular weight excluding hydrogens is 144 g/mol. The number of hydrogen-bond donors (Lipinski definition) is 0. The van der Waals surface area contributed by atoms with Crippen LogP contribution in [0.5, 0.6) is 0 Å². The van der Waals surface area contributed by atoms with E-state index in [1.807, 2.05) is 6.26 Å². The van der Waals surface area contributed by atoms with E-state index in [9.17, 15) is 0 Å². The molecule has 10 heavy (non-hydrogen) atoms. The van der Waals surface area contributed by atoms with E-state index in [4.69, 9.17) is 4.42 Å². The highest BCUT2D eigenvalue weighted by Gasteiger charge is 2.05. The number of fused-ring (bicyclic) bond motifs is 1. The minimum atomic E-state index is 1.06. The Morgan fingerprint density at radius 3 is 2.80 bits per heavy atom. The van der Waals surface area contributed by atoms with E-state index in [-0.39, 0.29) is 0 Å². The van der Waals surface area contributed by atoms with Crippen molar-refractivity contribution in [3.63, 3.8) is 0 Å². The quantitative estimate of drug-likeness (QED) is 0.565. The van der Waals surface area contributed by atoms with Gasteiger partial charge in [-0.25, -0.2) is 0 Å². The van der Waals surface area contributed by atoms with E-state index in [2.05, 4.69) is 19.2 Å². The predicted octanol–water partition coefficient (Wildman–Crippen LogP) is 3.11. The van der Waals surface area contributed by atoms with Crippen LogP contribution >= 0.6 is 11.3 Å². The maximum Gasteiger partial charge on any atom is 0.147 e. The molecule has 0 saturated heterocycles. The molecule has 0 unspecified atom stereocenters. The van der Waals surface area contributed by atoms with Gasteiger partial charge in [0.15, 0.2) is 0 Å². The van der Waals surface area contributed by atoms with E-state index < -0.39 is 0 Å². The second kappa shape index (κ2) is 1.86. The van der Waals surface area contributed by atoms with Gasteiger partial charge in [-0.05, 0) is 19.2 Å². The van der Waals surface area contributed by atoms with E-state index in [0.717, 1.165) is 5.58 Å². The fourth-order valence-corrected chi connectivity index (χ4v) is 2.00. The van der Waals surface area contributed by atoms with Crippen molar-refractivity contribution < 1.29 is 4.42 Å². The zero-order chi connectivity index (χ0) is 7.14. The van der Waals surface area contributed by atoms with Crippen LogP contribution in [0.1, 0.15) is 11.1 Å². The van der Waals surface area contributed by atoms with Crippen molar-refractivity contribution >= 4 is 21.6 Å². The number of furan rings is 1. The summed E-state index contributed by atoms with van der Waals surface area (Å²) in [6.45, 7) is 4.14. The summed E-state index contributed by atoms with van der Waals surface area (Å²) in [6, 6.07) is 0. The highest BCUT2D eigenvalue weighted by molar-refractivity contribution is 7.17. The molecule has 0 amide bonds. The van der Waals surface area contributed by atoms with Gasteiger partial charge in [-0.15, -0.1) is 11.3 Å². The molecule has 2 aromatic heterocycles. The van der Waals surface area contributed by atoms with Gasteiger partial charge < -0.3 is 4.42 Å². The Labute approximate surface area is 63.3 Å². The van der Waals surface area contributed by atoms with Crippen molar-refractivity contribution in [2.24, 2.45) is 0 Å². The molecule has 2 aromatic rings. The summed E-state index contributed by atoms with van der Waals surface area (Å²) in [5, 5.41) is 2.13. The maximum absolute atomic E-state index is 5.33. The minimum absolute atomic E-state index is 1.06. The molecule has 0 aliphatic carbocycles. The van der Waals surface area contributed by atoms with Crippen molar-refractivity contribution in [3.05, 3.63) is 22.8 Å². The summed E-state index contributed by atoms with van der Waals surface area (Å²) in [7, 11) is 0. The number of hydrogen-bond acceptors (Lipinski definition) is 2. The van der Waals surface area contributed by atoms with Crippen LogP contribution in [0.15, 0.2) is 16.1 Å². The molecule has 2 heteroatoms. The molecule has 0 bridgehead atoms. The Morgan fingerprint density at radius 2 is 2.10 bits per heavy atom. The van der Waals surface area contributed by atoms with Gasteiger partial charge in [-0.2, -0.15) is 0 Å². The lowest BCUT2D eigenvalue weighted by atomic mass is 10.3. The minimum Gasteiger partial charge on any atom is -0.463 e. The Kier molecular flexibility index (Phi) is 1.11. The smallest absolute Gasteiger partial charge is 0.147 e. The molecule has 0 aliphatic heterocycles. The fraction of sp³-hybridized carbons (Fsp3) is 0.250. The van der Waals surface area contributed by atoms with Crippen LogP contribution in [0.3, 0.4) is 0 Å². The summed E-state index contributed by atoms with van der Waals surface area (Å²) in [5.74, 6) is 0. The van der Waals surface area contributed by atoms with Crippen LogP contribution in [0.2, 0.25) is 0 Å². The largest absolute Gasteiger partial charge is 0.463 e. The van der Waals surface area contributed by atoms with Gasteiger partial charge in [-0.3, -0.25) is 0 Å². The van der Waals surface area contributed by atoms with Crippen LogP contribution in [-0.2, 0) is 0 Å². The molecule has 0 aliphatic rings. The average molecular weight is 152 g/mol. The number of thiophene rings is 1. The third kappa shape index (κ3) is 0.625. The Balaban J connectivity index is 2.95. The first-order valence-corrected chi connectivity index (χ1v) is 4.09. The second-order valence-corrected chi connectivity index (χ2v) is 3.38. The van der Waals surface area contributed by atoms with Gasteiger partial charge in [-0.1, -0.05) is 0 Å². The first-order valence-electron chi connectivity index (χ1n) is 3.21. The lowest BCUT2D eigenvalue weighted by Crippen LogP contribution is -1.57. The molecule has 0 fully saturated rings. The van der Waals surface area contributed by atoms with Gasteiger partial charge in [0.2, 0.25) is 0 Å². The third-order valence-electron chi connectivity index (χ3n) is 1.63. The first-order chi connectivity index (χ1) is 4.79. The van der Waals surface area contributed by atoms with E-state index in [1.54, 1.807) is 11.3 Å². The van der Waals surface area contributed by atoms with Gasteiger partial charge in [0.05, 0.1) is 11.0 Å². The van der Waals surface area contributed by atoms with Gasteiger partial charge in [0.25, 0.3) is 0 Å². The summed E-state index contributed by atoms with van der Waals surface area (Å²) in [5.41, 5.74) is 3.55. The van der Waals surface area contributed by atoms with Crippen molar-refractivity contribution in [1.82, 2.24) is 0 Å². The van der Waals surface area contributed by atoms with Crippen molar-refractivity contribution in [2.75, 3.05) is 0 Å². The van der Waals surface area contributed by atoms with Crippen LogP contribution in [0.25, 0.3) is 10.3 Å². The van der Waals surface area contributed by atoms with Crippen LogP contribution in [0, 0.1) is 13.8 Å². The summed E-state index contributed by atoms with van der Waals surface area (Å²) >= 11 is 1.75. The maximum atomic E-state index is 5.33. The molecule has 0 aromatic carbocycles. The Bertz CT molecular complexity index is 320. The first kappa shape index (κ1) is 5.98. The number of aryl methyl sites for hydroxylation is 2. The van der Waals surface area contributed by atoms with Gasteiger partial charge in [0, 0.05) is 11.1 Å². The van der Waals surface area contributed by atoms with E-state index in [1.165, 1.54) is 15.8 Å². The molecule has 0 saturated carbocycles. The topological polar surface area (TPSA) is 13.1 Å². The zero-order valence-electron chi connectivity index (χ0n) is 5.97.